The fourth-order valence-electron chi connectivity index (χ4n) is 1.91. The van der Waals surface area contributed by atoms with Gasteiger partial charge in [-0.1, -0.05) is 33.4 Å². The van der Waals surface area contributed by atoms with E-state index in [2.05, 4.69) is 11.6 Å². The molecule has 3 heteroatoms. The molecule has 0 amide bonds. The van der Waals surface area contributed by atoms with Crippen LogP contribution in [-0.2, 0) is 6.42 Å². The monoisotopic (exact) mass is 246 g/mol. The molecule has 2 rings (SSSR count). The maximum Gasteiger partial charge on any atom is 0.131 e. The predicted octanol–water partition coefficient (Wildman–Crippen LogP) is 4.19. The lowest BCUT2D eigenvalue weighted by atomic mass is 10.0. The number of nitrogen functional groups attached to an aromatic ring is 1. The molecule has 0 saturated carbocycles. The lowest BCUT2D eigenvalue weighted by Gasteiger charge is -2.09. The summed E-state index contributed by atoms with van der Waals surface area (Å²) < 4.78 is 13.6. The van der Waals surface area contributed by atoms with Gasteiger partial charge >= 0.3 is 0 Å². The second kappa shape index (κ2) is 6.15. The fraction of sp³-hybridized carbons (Fsp3) is 0.267. The molecule has 0 saturated heterocycles. The number of pyridine rings is 1. The normalized spacial score (nSPS) is 9.78. The van der Waals surface area contributed by atoms with Gasteiger partial charge in [0.25, 0.3) is 0 Å². The number of hydrogen-bond donors (Lipinski definition) is 1. The van der Waals surface area contributed by atoms with Crippen LogP contribution in [0.25, 0.3) is 17.0 Å². The van der Waals surface area contributed by atoms with Crippen LogP contribution in [-0.4, -0.2) is 4.98 Å². The quantitative estimate of drug-likeness (QED) is 0.863. The zero-order chi connectivity index (χ0) is 13.7. The number of nitrogens with zero attached hydrogens (tertiary/aromatic N) is 1. The van der Waals surface area contributed by atoms with Gasteiger partial charge in [0.1, 0.15) is 11.6 Å². The molecule has 0 atom stereocenters. The van der Waals surface area contributed by atoms with E-state index in [1.807, 2.05) is 20.8 Å². The Bertz CT molecular complexity index is 562. The fourth-order valence-corrected chi connectivity index (χ4v) is 1.91. The Balaban J connectivity index is 0.000000771. The summed E-state index contributed by atoms with van der Waals surface area (Å²) in [5.41, 5.74) is 7.91. The summed E-state index contributed by atoms with van der Waals surface area (Å²) in [7, 11) is 0. The minimum absolute atomic E-state index is 0.274. The molecule has 0 unspecified atom stereocenters. The maximum atomic E-state index is 13.6. The van der Waals surface area contributed by atoms with Crippen molar-refractivity contribution < 1.29 is 4.39 Å². The molecule has 0 spiro atoms. The molecular formula is C15H19FN2. The average Bonchev–Trinajstić information content (AvgIpc) is 2.40. The molecule has 2 N–H and O–H groups in total. The van der Waals surface area contributed by atoms with Crippen LogP contribution < -0.4 is 5.73 Å². The molecule has 1 aromatic carbocycles. The number of hydrogen-bond acceptors (Lipinski definition) is 2. The van der Waals surface area contributed by atoms with Crippen molar-refractivity contribution in [1.29, 1.82) is 0 Å². The molecule has 0 aliphatic heterocycles. The second-order valence-electron chi connectivity index (χ2n) is 3.62. The third-order valence-electron chi connectivity index (χ3n) is 2.65. The minimum atomic E-state index is -0.274. The van der Waals surface area contributed by atoms with Gasteiger partial charge in [-0.3, -0.25) is 0 Å². The van der Waals surface area contributed by atoms with E-state index in [9.17, 15) is 4.39 Å². The summed E-state index contributed by atoms with van der Waals surface area (Å²) in [6.45, 7) is 9.65. The molecule has 2 aromatic rings. The van der Waals surface area contributed by atoms with Gasteiger partial charge in [-0.05, 0) is 30.2 Å². The van der Waals surface area contributed by atoms with Crippen molar-refractivity contribution in [3.05, 3.63) is 41.7 Å². The lowest BCUT2D eigenvalue weighted by Crippen LogP contribution is -1.97. The first kappa shape index (κ1) is 14.2. The molecule has 0 radical (unpaired) electrons. The van der Waals surface area contributed by atoms with Crippen LogP contribution in [0, 0.1) is 5.82 Å². The van der Waals surface area contributed by atoms with Crippen LogP contribution in [0.15, 0.2) is 24.8 Å². The van der Waals surface area contributed by atoms with Gasteiger partial charge in [0.15, 0.2) is 0 Å². The van der Waals surface area contributed by atoms with Crippen molar-refractivity contribution in [3.8, 4) is 0 Å². The third kappa shape index (κ3) is 2.50. The summed E-state index contributed by atoms with van der Waals surface area (Å²) in [5, 5.41) is 0.812. The minimum Gasteiger partial charge on any atom is -0.384 e. The van der Waals surface area contributed by atoms with Crippen LogP contribution in [0.2, 0.25) is 0 Å². The van der Waals surface area contributed by atoms with E-state index >= 15 is 0 Å². The summed E-state index contributed by atoms with van der Waals surface area (Å²) in [5.74, 6) is 0.190. The summed E-state index contributed by atoms with van der Waals surface area (Å²) in [4.78, 5) is 4.20. The zero-order valence-corrected chi connectivity index (χ0v) is 11.1. The Morgan fingerprint density at radius 1 is 1.39 bits per heavy atom. The molecule has 0 aliphatic rings. The summed E-state index contributed by atoms with van der Waals surface area (Å²) in [6, 6.07) is 4.83. The predicted molar refractivity (Wildman–Crippen MR) is 76.9 cm³/mol. The summed E-state index contributed by atoms with van der Waals surface area (Å²) >= 11 is 0. The largest absolute Gasteiger partial charge is 0.384 e. The van der Waals surface area contributed by atoms with E-state index in [0.29, 0.717) is 16.9 Å². The first-order valence-corrected chi connectivity index (χ1v) is 6.17. The van der Waals surface area contributed by atoms with Crippen molar-refractivity contribution in [2.75, 3.05) is 5.73 Å². The number of halogens is 1. The van der Waals surface area contributed by atoms with Crippen molar-refractivity contribution in [1.82, 2.24) is 4.98 Å². The highest BCUT2D eigenvalue weighted by Crippen LogP contribution is 2.26. The van der Waals surface area contributed by atoms with E-state index in [4.69, 9.17) is 5.73 Å². The number of aromatic nitrogens is 1. The van der Waals surface area contributed by atoms with Gasteiger partial charge in [-0.25, -0.2) is 9.37 Å². The van der Waals surface area contributed by atoms with Gasteiger partial charge in [0.2, 0.25) is 0 Å². The highest BCUT2D eigenvalue weighted by Gasteiger charge is 2.10. The Hall–Kier alpha value is -1.90. The molecule has 1 heterocycles. The van der Waals surface area contributed by atoms with E-state index < -0.39 is 0 Å². The molecule has 18 heavy (non-hydrogen) atoms. The van der Waals surface area contributed by atoms with Gasteiger partial charge in [-0.15, -0.1) is 0 Å². The van der Waals surface area contributed by atoms with Crippen LogP contribution in [0.5, 0.6) is 0 Å². The number of fused-ring (bicyclic) bond motifs is 1. The number of aryl methyl sites for hydroxylation is 1. The number of benzene rings is 1. The van der Waals surface area contributed by atoms with Crippen LogP contribution in [0.3, 0.4) is 0 Å². The highest BCUT2D eigenvalue weighted by atomic mass is 19.1. The van der Waals surface area contributed by atoms with E-state index in [0.717, 1.165) is 17.4 Å². The molecule has 0 bridgehead atoms. The van der Waals surface area contributed by atoms with Crippen LogP contribution >= 0.6 is 0 Å². The number of anilines is 1. The van der Waals surface area contributed by atoms with Crippen molar-refractivity contribution in [2.24, 2.45) is 0 Å². The van der Waals surface area contributed by atoms with Crippen molar-refractivity contribution >= 4 is 22.8 Å². The average molecular weight is 246 g/mol. The molecule has 2 nitrogen and oxygen atoms in total. The third-order valence-corrected chi connectivity index (χ3v) is 2.65. The number of rotatable bonds is 2. The molecule has 96 valence electrons. The highest BCUT2D eigenvalue weighted by molar-refractivity contribution is 5.91. The topological polar surface area (TPSA) is 38.9 Å². The first-order valence-electron chi connectivity index (χ1n) is 6.17. The molecule has 0 fully saturated rings. The van der Waals surface area contributed by atoms with Crippen molar-refractivity contribution in [3.63, 3.8) is 0 Å². The first-order chi connectivity index (χ1) is 8.67. The Labute approximate surface area is 107 Å². The standard InChI is InChI=1S/C13H13FN2.C2H6/c1-3-8-7-12(15)16-11-6-5-10(14)9(4-2)13(8)11;1-2/h4-7H,2-3H2,1H3,(H2,15,16);1-2H3. The van der Waals surface area contributed by atoms with Gasteiger partial charge in [-0.2, -0.15) is 0 Å². The van der Waals surface area contributed by atoms with Gasteiger partial charge in [0, 0.05) is 10.9 Å². The van der Waals surface area contributed by atoms with E-state index in [1.54, 1.807) is 12.1 Å². The van der Waals surface area contributed by atoms with Gasteiger partial charge in [0.05, 0.1) is 5.52 Å². The molecular weight excluding hydrogens is 227 g/mol. The molecule has 0 aliphatic carbocycles. The van der Waals surface area contributed by atoms with Crippen molar-refractivity contribution in [2.45, 2.75) is 27.2 Å². The SMILES string of the molecule is C=Cc1c(F)ccc2nc(N)cc(CC)c12.CC. The number of nitrogens with two attached hydrogens (primary N) is 1. The smallest absolute Gasteiger partial charge is 0.131 e. The van der Waals surface area contributed by atoms with E-state index in [1.165, 1.54) is 12.1 Å². The Morgan fingerprint density at radius 3 is 2.61 bits per heavy atom. The molecule has 1 aromatic heterocycles. The Kier molecular flexibility index (Phi) is 4.84. The zero-order valence-electron chi connectivity index (χ0n) is 11.1. The second-order valence-corrected chi connectivity index (χ2v) is 3.62. The van der Waals surface area contributed by atoms with Gasteiger partial charge < -0.3 is 5.73 Å². The Morgan fingerprint density at radius 2 is 2.06 bits per heavy atom. The maximum absolute atomic E-state index is 13.6. The van der Waals surface area contributed by atoms with Crippen LogP contribution in [0.4, 0.5) is 10.2 Å². The lowest BCUT2D eigenvalue weighted by molar-refractivity contribution is 0.627. The summed E-state index contributed by atoms with van der Waals surface area (Å²) in [6.07, 6.45) is 2.31. The van der Waals surface area contributed by atoms with Crippen LogP contribution in [0.1, 0.15) is 31.9 Å². The van der Waals surface area contributed by atoms with E-state index in [-0.39, 0.29) is 5.82 Å².